The molecule has 2 atom stereocenters. The third kappa shape index (κ3) is 3.55. The number of benzene rings is 1. The van der Waals surface area contributed by atoms with Gasteiger partial charge in [0.15, 0.2) is 5.75 Å². The Labute approximate surface area is 166 Å². The average molecular weight is 386 g/mol. The molecule has 4 rings (SSSR count). The zero-order valence-electron chi connectivity index (χ0n) is 17.0. The largest absolute Gasteiger partial charge is 0.485 e. The fraction of sp³-hybridized carbons (Fsp3) is 0.619. The number of amides is 2. The van der Waals surface area contributed by atoms with Crippen molar-refractivity contribution in [2.45, 2.75) is 50.8 Å². The lowest BCUT2D eigenvalue weighted by atomic mass is 10.00. The normalized spacial score (nSPS) is 26.1. The molecule has 152 valence electrons. The summed E-state index contributed by atoms with van der Waals surface area (Å²) in [5, 5.41) is 2.49. The first kappa shape index (κ1) is 19.1. The summed E-state index contributed by atoms with van der Waals surface area (Å²) in [5.41, 5.74) is 2.07. The highest BCUT2D eigenvalue weighted by atomic mass is 16.5. The van der Waals surface area contributed by atoms with Gasteiger partial charge in [0.05, 0.1) is 17.9 Å². The van der Waals surface area contributed by atoms with E-state index in [2.05, 4.69) is 40.2 Å². The second-order valence-electron chi connectivity index (χ2n) is 8.35. The summed E-state index contributed by atoms with van der Waals surface area (Å²) in [6.07, 6.45) is 3.18. The van der Waals surface area contributed by atoms with Gasteiger partial charge in [-0.2, -0.15) is 0 Å². The second-order valence-corrected chi connectivity index (χ2v) is 8.35. The smallest absolute Gasteiger partial charge is 0.249 e. The quantitative estimate of drug-likeness (QED) is 0.797. The summed E-state index contributed by atoms with van der Waals surface area (Å²) >= 11 is 0. The van der Waals surface area contributed by atoms with Crippen molar-refractivity contribution in [1.29, 1.82) is 0 Å². The van der Waals surface area contributed by atoms with E-state index in [-0.39, 0.29) is 24.0 Å². The highest BCUT2D eigenvalue weighted by Gasteiger charge is 2.37. The van der Waals surface area contributed by atoms with E-state index in [1.54, 1.807) is 0 Å². The molecule has 3 aliphatic heterocycles. The van der Waals surface area contributed by atoms with Crippen LogP contribution in [0.25, 0.3) is 0 Å². The molecule has 0 saturated carbocycles. The minimum absolute atomic E-state index is 0.0154. The Morgan fingerprint density at radius 3 is 2.50 bits per heavy atom. The number of carbonyl (C=O) groups is 2. The summed E-state index contributed by atoms with van der Waals surface area (Å²) in [6.45, 7) is 4.67. The van der Waals surface area contributed by atoms with Crippen LogP contribution in [0.5, 0.6) is 5.75 Å². The third-order valence-corrected chi connectivity index (χ3v) is 6.18. The van der Waals surface area contributed by atoms with E-state index in [4.69, 9.17) is 4.74 Å². The molecule has 0 spiro atoms. The Hall–Kier alpha value is -2.28. The molecule has 2 amide bonds. The third-order valence-electron chi connectivity index (χ3n) is 6.18. The SMILES string of the molecule is CC1CN(C2CCC(=O)NC2=O)c2cccc(N3CCC(N(C)C)CC3)c2O1. The van der Waals surface area contributed by atoms with Gasteiger partial charge in [-0.15, -0.1) is 0 Å². The number of imide groups is 1. The van der Waals surface area contributed by atoms with Gasteiger partial charge in [0.25, 0.3) is 0 Å². The van der Waals surface area contributed by atoms with Crippen LogP contribution in [0, 0.1) is 0 Å². The lowest BCUT2D eigenvalue weighted by Gasteiger charge is -2.43. The topological polar surface area (TPSA) is 65.1 Å². The van der Waals surface area contributed by atoms with Crippen LogP contribution in [0.4, 0.5) is 11.4 Å². The molecule has 1 aromatic rings. The van der Waals surface area contributed by atoms with E-state index in [0.29, 0.717) is 25.4 Å². The molecule has 0 aliphatic carbocycles. The van der Waals surface area contributed by atoms with Crippen LogP contribution in [0.15, 0.2) is 18.2 Å². The number of fused-ring (bicyclic) bond motifs is 1. The average Bonchev–Trinajstić information content (AvgIpc) is 2.67. The maximum absolute atomic E-state index is 12.5. The van der Waals surface area contributed by atoms with Crippen LogP contribution in [-0.4, -0.2) is 68.6 Å². The van der Waals surface area contributed by atoms with Gasteiger partial charge in [0.2, 0.25) is 11.8 Å². The predicted octanol–water partition coefficient (Wildman–Crippen LogP) is 1.61. The molecule has 0 radical (unpaired) electrons. The number of para-hydroxylation sites is 1. The Bertz CT molecular complexity index is 758. The van der Waals surface area contributed by atoms with Gasteiger partial charge in [-0.05, 0) is 52.4 Å². The number of piperidine rings is 2. The molecule has 0 bridgehead atoms. The van der Waals surface area contributed by atoms with Crippen LogP contribution in [0.3, 0.4) is 0 Å². The van der Waals surface area contributed by atoms with Crippen molar-refractivity contribution in [3.05, 3.63) is 18.2 Å². The number of carbonyl (C=O) groups excluding carboxylic acids is 2. The fourth-order valence-corrected chi connectivity index (χ4v) is 4.62. The number of ether oxygens (including phenoxy) is 1. The number of anilines is 2. The molecule has 1 N–H and O–H groups in total. The standard InChI is InChI=1S/C21H30N4O3/c1-14-13-25(18-7-8-19(26)22-21(18)27)17-6-4-5-16(20(17)28-14)24-11-9-15(10-12-24)23(2)3/h4-6,14-15,18H,7-13H2,1-3H3,(H,22,26,27). The second kappa shape index (κ2) is 7.62. The van der Waals surface area contributed by atoms with Crippen molar-refractivity contribution in [1.82, 2.24) is 10.2 Å². The van der Waals surface area contributed by atoms with E-state index < -0.39 is 0 Å². The van der Waals surface area contributed by atoms with Gasteiger partial charge in [-0.1, -0.05) is 6.07 Å². The maximum Gasteiger partial charge on any atom is 0.249 e. The molecule has 3 aliphatic rings. The zero-order chi connectivity index (χ0) is 19.8. The van der Waals surface area contributed by atoms with Crippen molar-refractivity contribution in [2.24, 2.45) is 0 Å². The van der Waals surface area contributed by atoms with Gasteiger partial charge in [-0.25, -0.2) is 0 Å². The van der Waals surface area contributed by atoms with E-state index in [0.717, 1.165) is 43.1 Å². The Balaban J connectivity index is 1.61. The lowest BCUT2D eigenvalue weighted by molar-refractivity contribution is -0.134. The molecule has 0 aromatic heterocycles. The molecule has 1 aromatic carbocycles. The first-order valence-electron chi connectivity index (χ1n) is 10.3. The summed E-state index contributed by atoms with van der Waals surface area (Å²) < 4.78 is 6.28. The summed E-state index contributed by atoms with van der Waals surface area (Å²) in [5.74, 6) is 0.489. The molecule has 3 heterocycles. The number of hydrogen-bond donors (Lipinski definition) is 1. The van der Waals surface area contributed by atoms with Gasteiger partial charge >= 0.3 is 0 Å². The number of rotatable bonds is 3. The summed E-state index contributed by atoms with van der Waals surface area (Å²) in [7, 11) is 4.29. The number of nitrogens with one attached hydrogen (secondary N) is 1. The highest BCUT2D eigenvalue weighted by Crippen LogP contribution is 2.43. The van der Waals surface area contributed by atoms with Gasteiger partial charge in [-0.3, -0.25) is 14.9 Å². The monoisotopic (exact) mass is 386 g/mol. The molecule has 2 unspecified atom stereocenters. The molecule has 7 heteroatoms. The predicted molar refractivity (Wildman–Crippen MR) is 109 cm³/mol. The molecule has 2 fully saturated rings. The number of nitrogens with zero attached hydrogens (tertiary/aromatic N) is 3. The fourth-order valence-electron chi connectivity index (χ4n) is 4.62. The zero-order valence-corrected chi connectivity index (χ0v) is 17.0. The van der Waals surface area contributed by atoms with Crippen molar-refractivity contribution in [3.8, 4) is 5.75 Å². The van der Waals surface area contributed by atoms with Crippen LogP contribution < -0.4 is 19.9 Å². The molecule has 28 heavy (non-hydrogen) atoms. The van der Waals surface area contributed by atoms with E-state index in [9.17, 15) is 9.59 Å². The Morgan fingerprint density at radius 2 is 1.82 bits per heavy atom. The van der Waals surface area contributed by atoms with Crippen LogP contribution in [0.2, 0.25) is 0 Å². The van der Waals surface area contributed by atoms with Crippen LogP contribution >= 0.6 is 0 Å². The highest BCUT2D eigenvalue weighted by molar-refractivity contribution is 6.02. The van der Waals surface area contributed by atoms with Crippen molar-refractivity contribution < 1.29 is 14.3 Å². The molecule has 7 nitrogen and oxygen atoms in total. The van der Waals surface area contributed by atoms with Gasteiger partial charge in [0, 0.05) is 25.6 Å². The first-order valence-corrected chi connectivity index (χ1v) is 10.3. The minimum Gasteiger partial charge on any atom is -0.485 e. The number of hydrogen-bond acceptors (Lipinski definition) is 6. The van der Waals surface area contributed by atoms with Crippen LogP contribution in [0.1, 0.15) is 32.6 Å². The van der Waals surface area contributed by atoms with Gasteiger partial charge in [0.1, 0.15) is 12.1 Å². The summed E-state index contributed by atoms with van der Waals surface area (Å²) in [4.78, 5) is 30.9. The molecular weight excluding hydrogens is 356 g/mol. The first-order chi connectivity index (χ1) is 13.4. The van der Waals surface area contributed by atoms with Crippen molar-refractivity contribution >= 4 is 23.2 Å². The van der Waals surface area contributed by atoms with E-state index >= 15 is 0 Å². The van der Waals surface area contributed by atoms with Crippen LogP contribution in [-0.2, 0) is 9.59 Å². The molecular formula is C21H30N4O3. The van der Waals surface area contributed by atoms with E-state index in [1.165, 1.54) is 0 Å². The summed E-state index contributed by atoms with van der Waals surface area (Å²) in [6, 6.07) is 6.49. The minimum atomic E-state index is -0.322. The Kier molecular flexibility index (Phi) is 5.19. The Morgan fingerprint density at radius 1 is 1.11 bits per heavy atom. The van der Waals surface area contributed by atoms with E-state index in [1.807, 2.05) is 19.1 Å². The van der Waals surface area contributed by atoms with Gasteiger partial charge < -0.3 is 19.4 Å². The maximum atomic E-state index is 12.5. The van der Waals surface area contributed by atoms with Crippen molar-refractivity contribution in [2.75, 3.05) is 43.5 Å². The molecule has 2 saturated heterocycles. The lowest BCUT2D eigenvalue weighted by Crippen LogP contribution is -2.55. The van der Waals surface area contributed by atoms with Crippen molar-refractivity contribution in [3.63, 3.8) is 0 Å².